The summed E-state index contributed by atoms with van der Waals surface area (Å²) in [5.74, 6) is 0.222. The van der Waals surface area contributed by atoms with Gasteiger partial charge < -0.3 is 9.47 Å². The van der Waals surface area contributed by atoms with Gasteiger partial charge in [-0.25, -0.2) is 13.8 Å². The summed E-state index contributed by atoms with van der Waals surface area (Å²) in [6, 6.07) is 14.6. The fourth-order valence-corrected chi connectivity index (χ4v) is 3.58. The van der Waals surface area contributed by atoms with Gasteiger partial charge >= 0.3 is 0 Å². The summed E-state index contributed by atoms with van der Waals surface area (Å²) < 4.78 is 36.0. The maximum Gasteiger partial charge on any atom is 0.260 e. The van der Waals surface area contributed by atoms with Crippen LogP contribution in [0.2, 0.25) is 0 Å². The normalized spacial score (nSPS) is 11.7. The molecule has 0 aliphatic heterocycles. The summed E-state index contributed by atoms with van der Waals surface area (Å²) in [7, 11) is -0.837. The van der Waals surface area contributed by atoms with Crippen molar-refractivity contribution in [1.82, 2.24) is 5.43 Å². The molecule has 1 amide bonds. The van der Waals surface area contributed by atoms with Gasteiger partial charge in [-0.15, -0.1) is 0 Å². The Balaban J connectivity index is 2.07. The van der Waals surface area contributed by atoms with E-state index < -0.39 is 22.5 Å². The number of hydrazone groups is 1. The highest BCUT2D eigenvalue weighted by Gasteiger charge is 2.24. The summed E-state index contributed by atoms with van der Waals surface area (Å²) in [4.78, 5) is 12.4. The van der Waals surface area contributed by atoms with E-state index in [9.17, 15) is 13.2 Å². The molecule has 1 N–H and O–H groups in total. The van der Waals surface area contributed by atoms with Crippen LogP contribution in [0.4, 0.5) is 5.69 Å². The van der Waals surface area contributed by atoms with Crippen molar-refractivity contribution in [2.75, 3.05) is 31.3 Å². The van der Waals surface area contributed by atoms with Gasteiger partial charge in [0.15, 0.2) is 0 Å². The van der Waals surface area contributed by atoms with Crippen LogP contribution in [-0.2, 0) is 21.2 Å². The van der Waals surface area contributed by atoms with Crippen molar-refractivity contribution in [3.63, 3.8) is 0 Å². The van der Waals surface area contributed by atoms with Crippen LogP contribution in [0.1, 0.15) is 18.9 Å². The zero-order valence-electron chi connectivity index (χ0n) is 17.6. The van der Waals surface area contributed by atoms with Gasteiger partial charge in [0.25, 0.3) is 5.91 Å². The fraction of sp³-hybridized carbons (Fsp3) is 0.333. The van der Waals surface area contributed by atoms with Gasteiger partial charge in [0.1, 0.15) is 18.0 Å². The number of carbonyl (C=O) groups excluding carboxylic acids is 1. The van der Waals surface area contributed by atoms with Gasteiger partial charge in [0, 0.05) is 11.8 Å². The van der Waals surface area contributed by atoms with E-state index >= 15 is 0 Å². The molecule has 8 nitrogen and oxygen atoms in total. The summed E-state index contributed by atoms with van der Waals surface area (Å²) in [5, 5.41) is 4.08. The number of aryl methyl sites for hydroxylation is 1. The predicted molar refractivity (Wildman–Crippen MR) is 118 cm³/mol. The van der Waals surface area contributed by atoms with E-state index in [-0.39, 0.29) is 11.4 Å². The quantitative estimate of drug-likeness (QED) is 0.459. The predicted octanol–water partition coefficient (Wildman–Crippen LogP) is 2.59. The van der Waals surface area contributed by atoms with Crippen LogP contribution in [0.25, 0.3) is 0 Å². The average molecular weight is 434 g/mol. The van der Waals surface area contributed by atoms with E-state index in [1.807, 2.05) is 37.3 Å². The number of ether oxygens (including phenoxy) is 2. The van der Waals surface area contributed by atoms with E-state index in [1.165, 1.54) is 25.8 Å². The molecule has 0 unspecified atom stereocenters. The number of nitrogens with one attached hydrogen (secondary N) is 1. The molecule has 0 fully saturated rings. The second-order valence-corrected chi connectivity index (χ2v) is 8.58. The Bertz CT molecular complexity index is 991. The second kappa shape index (κ2) is 10.6. The molecule has 0 bridgehead atoms. The van der Waals surface area contributed by atoms with Crippen LogP contribution in [-0.4, -0.2) is 47.1 Å². The van der Waals surface area contributed by atoms with E-state index in [2.05, 4.69) is 10.5 Å². The first-order chi connectivity index (χ1) is 14.2. The molecule has 0 spiro atoms. The van der Waals surface area contributed by atoms with Crippen LogP contribution >= 0.6 is 0 Å². The van der Waals surface area contributed by atoms with Gasteiger partial charge in [-0.05, 0) is 37.5 Å². The average Bonchev–Trinajstić information content (AvgIpc) is 2.74. The Labute approximate surface area is 177 Å². The molecule has 0 radical (unpaired) electrons. The fourth-order valence-electron chi connectivity index (χ4n) is 2.72. The number of anilines is 1. The Morgan fingerprint density at radius 2 is 1.80 bits per heavy atom. The molecular weight excluding hydrogens is 406 g/mol. The third-order valence-corrected chi connectivity index (χ3v) is 5.46. The minimum absolute atomic E-state index is 0.237. The minimum atomic E-state index is -3.75. The van der Waals surface area contributed by atoms with Crippen molar-refractivity contribution in [3.05, 3.63) is 54.1 Å². The van der Waals surface area contributed by atoms with Crippen molar-refractivity contribution in [3.8, 4) is 11.5 Å². The van der Waals surface area contributed by atoms with Gasteiger partial charge in [-0.1, -0.05) is 30.3 Å². The first kappa shape index (κ1) is 23.2. The molecule has 0 aromatic heterocycles. The van der Waals surface area contributed by atoms with Crippen LogP contribution < -0.4 is 19.2 Å². The summed E-state index contributed by atoms with van der Waals surface area (Å²) in [6.45, 7) is 1.38. The van der Waals surface area contributed by atoms with Crippen LogP contribution in [0.5, 0.6) is 11.5 Å². The molecule has 162 valence electrons. The van der Waals surface area contributed by atoms with E-state index in [0.717, 1.165) is 22.7 Å². The largest absolute Gasteiger partial charge is 0.497 e. The lowest BCUT2D eigenvalue weighted by Gasteiger charge is -2.23. The lowest BCUT2D eigenvalue weighted by molar-refractivity contribution is -0.119. The third-order valence-electron chi connectivity index (χ3n) is 4.33. The molecule has 0 aliphatic rings. The Kier molecular flexibility index (Phi) is 8.23. The highest BCUT2D eigenvalue weighted by atomic mass is 32.2. The van der Waals surface area contributed by atoms with Crippen molar-refractivity contribution < 1.29 is 22.7 Å². The molecule has 0 heterocycles. The number of methoxy groups -OCH3 is 2. The molecule has 2 rings (SSSR count). The molecule has 2 aromatic rings. The number of sulfonamides is 1. The molecule has 30 heavy (non-hydrogen) atoms. The maximum atomic E-state index is 12.4. The Morgan fingerprint density at radius 1 is 1.10 bits per heavy atom. The number of hydrogen-bond acceptors (Lipinski definition) is 6. The highest BCUT2D eigenvalue weighted by molar-refractivity contribution is 7.92. The molecule has 9 heteroatoms. The lowest BCUT2D eigenvalue weighted by atomic mass is 10.1. The Hall–Kier alpha value is -3.07. The number of rotatable bonds is 10. The van der Waals surface area contributed by atoms with Gasteiger partial charge in [0.05, 0.1) is 26.2 Å². The highest BCUT2D eigenvalue weighted by Crippen LogP contribution is 2.33. The van der Waals surface area contributed by atoms with Crippen molar-refractivity contribution in [1.29, 1.82) is 0 Å². The van der Waals surface area contributed by atoms with Crippen molar-refractivity contribution in [2.45, 2.75) is 19.8 Å². The number of hydrogen-bond donors (Lipinski definition) is 1. The zero-order chi connectivity index (χ0) is 22.1. The first-order valence-electron chi connectivity index (χ1n) is 9.30. The van der Waals surface area contributed by atoms with E-state index in [4.69, 9.17) is 9.47 Å². The standard InChI is InChI=1S/C21H27N3O5S/c1-16(10-11-17-8-6-5-7-9-17)22-23-21(25)15-24(30(4,26)27)19-13-12-18(28-2)14-20(19)29-3/h5-9,12-14H,10-11,15H2,1-4H3,(H,23,25)/b22-16-. The SMILES string of the molecule is COc1ccc(N(CC(=O)N/N=C(/C)CCc2ccccc2)S(C)(=O)=O)c(OC)c1. The molecule has 0 atom stereocenters. The third kappa shape index (κ3) is 6.77. The van der Waals surface area contributed by atoms with Crippen LogP contribution in [0.15, 0.2) is 53.6 Å². The van der Waals surface area contributed by atoms with Crippen LogP contribution in [0, 0.1) is 0 Å². The van der Waals surface area contributed by atoms with Gasteiger partial charge in [-0.2, -0.15) is 5.10 Å². The monoisotopic (exact) mass is 433 g/mol. The lowest BCUT2D eigenvalue weighted by Crippen LogP contribution is -2.39. The topological polar surface area (TPSA) is 97.3 Å². The Morgan fingerprint density at radius 3 is 2.40 bits per heavy atom. The molecule has 0 saturated carbocycles. The van der Waals surface area contributed by atoms with E-state index in [0.29, 0.717) is 12.2 Å². The van der Waals surface area contributed by atoms with Gasteiger partial charge in [-0.3, -0.25) is 9.10 Å². The first-order valence-corrected chi connectivity index (χ1v) is 11.1. The number of amides is 1. The second-order valence-electron chi connectivity index (χ2n) is 6.68. The smallest absolute Gasteiger partial charge is 0.260 e. The molecular formula is C21H27N3O5S. The number of nitrogens with zero attached hydrogens (tertiary/aromatic N) is 2. The molecule has 0 aliphatic carbocycles. The molecule has 0 saturated heterocycles. The summed E-state index contributed by atoms with van der Waals surface area (Å²) in [5.41, 5.74) is 4.58. The minimum Gasteiger partial charge on any atom is -0.497 e. The van der Waals surface area contributed by atoms with E-state index in [1.54, 1.807) is 12.1 Å². The number of benzene rings is 2. The van der Waals surface area contributed by atoms with Gasteiger partial charge in [0.2, 0.25) is 10.0 Å². The van der Waals surface area contributed by atoms with Crippen LogP contribution in [0.3, 0.4) is 0 Å². The molecule has 2 aromatic carbocycles. The number of carbonyl (C=O) groups is 1. The summed E-state index contributed by atoms with van der Waals surface area (Å²) in [6.07, 6.45) is 2.50. The van der Waals surface area contributed by atoms with Crippen molar-refractivity contribution >= 4 is 27.3 Å². The zero-order valence-corrected chi connectivity index (χ0v) is 18.4. The maximum absolute atomic E-state index is 12.4. The van der Waals surface area contributed by atoms with Crippen molar-refractivity contribution in [2.24, 2.45) is 5.10 Å². The summed E-state index contributed by atoms with van der Waals surface area (Å²) >= 11 is 0.